The van der Waals surface area contributed by atoms with Gasteiger partial charge in [0.15, 0.2) is 5.69 Å². The van der Waals surface area contributed by atoms with Gasteiger partial charge in [0.2, 0.25) is 0 Å². The van der Waals surface area contributed by atoms with Crippen LogP contribution in [0.1, 0.15) is 18.3 Å². The van der Waals surface area contributed by atoms with Crippen molar-refractivity contribution in [1.29, 1.82) is 0 Å². The third-order valence-corrected chi connectivity index (χ3v) is 1.44. The molecule has 0 amide bonds. The normalized spacial score (nSPS) is 14.5. The topological polar surface area (TPSA) is 48.9 Å². The molecule has 74 valence electrons. The van der Waals surface area contributed by atoms with Crippen LogP contribution in [-0.4, -0.2) is 21.4 Å². The van der Waals surface area contributed by atoms with Crippen molar-refractivity contribution in [3.8, 4) is 0 Å². The van der Waals surface area contributed by atoms with Crippen molar-refractivity contribution >= 4 is 0 Å². The largest absolute Gasteiger partial charge is 0.435 e. The molecule has 1 unspecified atom stereocenters. The van der Waals surface area contributed by atoms with E-state index in [1.807, 2.05) is 0 Å². The van der Waals surface area contributed by atoms with Gasteiger partial charge in [-0.05, 0) is 13.0 Å². The van der Waals surface area contributed by atoms with E-state index in [0.717, 1.165) is 6.07 Å². The van der Waals surface area contributed by atoms with Gasteiger partial charge in [0.25, 0.3) is 0 Å². The number of rotatable bonds is 2. The van der Waals surface area contributed by atoms with Gasteiger partial charge in [-0.2, -0.15) is 18.3 Å². The zero-order valence-electron chi connectivity index (χ0n) is 6.89. The number of alkyl halides is 3. The van der Waals surface area contributed by atoms with Gasteiger partial charge in [0, 0.05) is 12.1 Å². The lowest BCUT2D eigenvalue weighted by atomic mass is 10.2. The van der Waals surface area contributed by atoms with Gasteiger partial charge in [-0.3, -0.25) is 5.10 Å². The van der Waals surface area contributed by atoms with Crippen molar-refractivity contribution < 1.29 is 18.3 Å². The summed E-state index contributed by atoms with van der Waals surface area (Å²) in [6, 6.07) is 0.896. The first-order chi connectivity index (χ1) is 5.89. The predicted octanol–water partition coefficient (Wildman–Crippen LogP) is 1.35. The van der Waals surface area contributed by atoms with Gasteiger partial charge < -0.3 is 5.11 Å². The molecule has 0 aromatic carbocycles. The molecule has 1 atom stereocenters. The molecular weight excluding hydrogens is 185 g/mol. The quantitative estimate of drug-likeness (QED) is 0.746. The Morgan fingerprint density at radius 3 is 2.62 bits per heavy atom. The highest BCUT2D eigenvalue weighted by molar-refractivity contribution is 5.12. The van der Waals surface area contributed by atoms with E-state index in [1.54, 1.807) is 0 Å². The monoisotopic (exact) mass is 194 g/mol. The van der Waals surface area contributed by atoms with Crippen molar-refractivity contribution in [2.75, 3.05) is 0 Å². The van der Waals surface area contributed by atoms with Gasteiger partial charge in [0.1, 0.15) is 0 Å². The highest BCUT2D eigenvalue weighted by Crippen LogP contribution is 2.27. The first-order valence-corrected chi connectivity index (χ1v) is 3.69. The smallest absolute Gasteiger partial charge is 0.393 e. The van der Waals surface area contributed by atoms with E-state index in [9.17, 15) is 13.2 Å². The summed E-state index contributed by atoms with van der Waals surface area (Å²) in [5.74, 6) is 0. The second-order valence-electron chi connectivity index (χ2n) is 2.83. The molecule has 1 rings (SSSR count). The molecule has 0 radical (unpaired) electrons. The zero-order valence-corrected chi connectivity index (χ0v) is 6.89. The molecule has 3 nitrogen and oxygen atoms in total. The number of hydrogen-bond donors (Lipinski definition) is 2. The van der Waals surface area contributed by atoms with Crippen LogP contribution in [0.5, 0.6) is 0 Å². The number of nitrogens with zero attached hydrogens (tertiary/aromatic N) is 1. The van der Waals surface area contributed by atoms with Gasteiger partial charge >= 0.3 is 6.18 Å². The number of aliphatic hydroxyl groups excluding tert-OH is 1. The maximum absolute atomic E-state index is 12.0. The number of nitrogens with one attached hydrogen (secondary N) is 1. The van der Waals surface area contributed by atoms with E-state index in [2.05, 4.69) is 10.2 Å². The zero-order chi connectivity index (χ0) is 10.1. The molecule has 0 saturated carbocycles. The van der Waals surface area contributed by atoms with Crippen LogP contribution in [-0.2, 0) is 12.6 Å². The molecule has 13 heavy (non-hydrogen) atoms. The summed E-state index contributed by atoms with van der Waals surface area (Å²) in [6.07, 6.45) is -4.96. The van der Waals surface area contributed by atoms with Gasteiger partial charge in [-0.1, -0.05) is 0 Å². The van der Waals surface area contributed by atoms with Crippen molar-refractivity contribution in [2.24, 2.45) is 0 Å². The van der Waals surface area contributed by atoms with Crippen molar-refractivity contribution in [1.82, 2.24) is 10.2 Å². The molecule has 1 aromatic rings. The fourth-order valence-electron chi connectivity index (χ4n) is 0.930. The number of H-pyrrole nitrogens is 1. The first kappa shape index (κ1) is 10.0. The van der Waals surface area contributed by atoms with Crippen LogP contribution in [0.25, 0.3) is 0 Å². The van der Waals surface area contributed by atoms with E-state index >= 15 is 0 Å². The van der Waals surface area contributed by atoms with E-state index in [1.165, 1.54) is 6.92 Å². The van der Waals surface area contributed by atoms with Crippen LogP contribution in [0.15, 0.2) is 6.07 Å². The van der Waals surface area contributed by atoms with E-state index in [4.69, 9.17) is 5.11 Å². The van der Waals surface area contributed by atoms with Crippen molar-refractivity contribution in [2.45, 2.75) is 25.6 Å². The Bertz CT molecular complexity index is 280. The highest BCUT2D eigenvalue weighted by Gasteiger charge is 2.33. The van der Waals surface area contributed by atoms with Crippen LogP contribution in [0, 0.1) is 0 Å². The lowest BCUT2D eigenvalue weighted by Gasteiger charge is -2.00. The maximum Gasteiger partial charge on any atom is 0.435 e. The summed E-state index contributed by atoms with van der Waals surface area (Å²) in [7, 11) is 0. The number of aliphatic hydroxyl groups is 1. The summed E-state index contributed by atoms with van der Waals surface area (Å²) in [5, 5.41) is 14.2. The minimum absolute atomic E-state index is 0.142. The van der Waals surface area contributed by atoms with Crippen LogP contribution in [0.4, 0.5) is 13.2 Å². The molecular formula is C7H9F3N2O. The highest BCUT2D eigenvalue weighted by atomic mass is 19.4. The summed E-state index contributed by atoms with van der Waals surface area (Å²) < 4.78 is 36.0. The lowest BCUT2D eigenvalue weighted by molar-refractivity contribution is -0.141. The Hall–Kier alpha value is -1.04. The third-order valence-electron chi connectivity index (χ3n) is 1.44. The van der Waals surface area contributed by atoms with E-state index in [0.29, 0.717) is 0 Å². The van der Waals surface area contributed by atoms with Crippen LogP contribution < -0.4 is 0 Å². The summed E-state index contributed by atoms with van der Waals surface area (Å²) in [5.41, 5.74) is -0.675. The molecule has 0 bridgehead atoms. The van der Waals surface area contributed by atoms with Gasteiger partial charge in [-0.15, -0.1) is 0 Å². The molecule has 0 aliphatic rings. The Morgan fingerprint density at radius 1 is 1.62 bits per heavy atom. The third kappa shape index (κ3) is 2.73. The molecule has 0 aliphatic heterocycles. The number of aromatic amines is 1. The minimum atomic E-state index is -4.42. The maximum atomic E-state index is 12.0. The van der Waals surface area contributed by atoms with Crippen LogP contribution in [0.3, 0.4) is 0 Å². The van der Waals surface area contributed by atoms with E-state index in [-0.39, 0.29) is 12.1 Å². The SMILES string of the molecule is CC(O)Cc1cc(C(F)(F)F)n[nH]1. The Labute approximate surface area is 72.6 Å². The Morgan fingerprint density at radius 2 is 2.23 bits per heavy atom. The number of halogens is 3. The average molecular weight is 194 g/mol. The molecule has 1 heterocycles. The number of hydrogen-bond acceptors (Lipinski definition) is 2. The molecule has 2 N–H and O–H groups in total. The van der Waals surface area contributed by atoms with Crippen molar-refractivity contribution in [3.05, 3.63) is 17.5 Å². The molecule has 0 spiro atoms. The van der Waals surface area contributed by atoms with Crippen LogP contribution >= 0.6 is 0 Å². The van der Waals surface area contributed by atoms with Gasteiger partial charge in [0.05, 0.1) is 6.10 Å². The molecule has 0 aliphatic carbocycles. The number of aromatic nitrogens is 2. The van der Waals surface area contributed by atoms with Gasteiger partial charge in [-0.25, -0.2) is 0 Å². The fraction of sp³-hybridized carbons (Fsp3) is 0.571. The molecule has 1 aromatic heterocycles. The first-order valence-electron chi connectivity index (χ1n) is 3.69. The molecule has 6 heteroatoms. The van der Waals surface area contributed by atoms with E-state index < -0.39 is 18.0 Å². The van der Waals surface area contributed by atoms with Crippen LogP contribution in [0.2, 0.25) is 0 Å². The standard InChI is InChI=1S/C7H9F3N2O/c1-4(13)2-5-3-6(12-11-5)7(8,9)10/h3-4,13H,2H2,1H3,(H,11,12). The summed E-state index contributed by atoms with van der Waals surface area (Å²) in [4.78, 5) is 0. The average Bonchev–Trinajstić information content (AvgIpc) is 2.32. The molecule has 0 fully saturated rings. The Kier molecular flexibility index (Phi) is 2.60. The lowest BCUT2D eigenvalue weighted by Crippen LogP contribution is -2.05. The minimum Gasteiger partial charge on any atom is -0.393 e. The fourth-order valence-corrected chi connectivity index (χ4v) is 0.930. The molecule has 0 saturated heterocycles. The summed E-state index contributed by atoms with van der Waals surface area (Å²) in [6.45, 7) is 1.49. The predicted molar refractivity (Wildman–Crippen MR) is 39.0 cm³/mol. The Balaban J connectivity index is 2.75. The second-order valence-corrected chi connectivity index (χ2v) is 2.83. The van der Waals surface area contributed by atoms with Crippen molar-refractivity contribution in [3.63, 3.8) is 0 Å². The second kappa shape index (κ2) is 3.37. The summed E-state index contributed by atoms with van der Waals surface area (Å²) >= 11 is 0.